The molecule has 0 unspecified atom stereocenters. The summed E-state index contributed by atoms with van der Waals surface area (Å²) in [6.45, 7) is 0. The summed E-state index contributed by atoms with van der Waals surface area (Å²) < 4.78 is 13.4. The first-order chi connectivity index (χ1) is 9.06. The maximum absolute atomic E-state index is 13.4. The predicted octanol–water partition coefficient (Wildman–Crippen LogP) is 4.26. The molecule has 0 saturated carbocycles. The zero-order valence-electron chi connectivity index (χ0n) is 9.77. The molecule has 2 nitrogen and oxygen atoms in total. The monoisotopic (exact) mass is 296 g/mol. The van der Waals surface area contributed by atoms with Gasteiger partial charge in [-0.05, 0) is 29.8 Å². The van der Waals surface area contributed by atoms with Gasteiger partial charge in [-0.15, -0.1) is 0 Å². The van der Waals surface area contributed by atoms with E-state index < -0.39 is 11.8 Å². The van der Waals surface area contributed by atoms with E-state index in [1.165, 1.54) is 23.9 Å². The average Bonchev–Trinajstić information content (AvgIpc) is 2.36. The lowest BCUT2D eigenvalue weighted by molar-refractivity contribution is -0.136. The second kappa shape index (κ2) is 6.08. The molecule has 2 aromatic rings. The Morgan fingerprint density at radius 3 is 2.68 bits per heavy atom. The van der Waals surface area contributed by atoms with Crippen LogP contribution in [0.2, 0.25) is 5.02 Å². The highest BCUT2D eigenvalue weighted by Gasteiger charge is 2.09. The minimum atomic E-state index is -0.893. The van der Waals surface area contributed by atoms with Gasteiger partial charge in [-0.25, -0.2) is 4.39 Å². The first kappa shape index (κ1) is 13.9. The summed E-state index contributed by atoms with van der Waals surface area (Å²) in [7, 11) is 0. The summed E-state index contributed by atoms with van der Waals surface area (Å²) in [6.07, 6.45) is -0.0563. The third-order valence-corrected chi connectivity index (χ3v) is 3.85. The Bertz CT molecular complexity index is 616. The summed E-state index contributed by atoms with van der Waals surface area (Å²) in [5.41, 5.74) is 0.704. The minimum absolute atomic E-state index is 0.0563. The van der Waals surface area contributed by atoms with E-state index in [1.54, 1.807) is 18.2 Å². The fourth-order valence-corrected chi connectivity index (χ4v) is 2.67. The fraction of sp³-hybridized carbons (Fsp3) is 0.0714. The molecule has 1 N–H and O–H groups in total. The zero-order chi connectivity index (χ0) is 13.8. The smallest absolute Gasteiger partial charge is 0.307 e. The Kier molecular flexibility index (Phi) is 4.45. The van der Waals surface area contributed by atoms with Crippen molar-refractivity contribution in [2.24, 2.45) is 0 Å². The van der Waals surface area contributed by atoms with Crippen LogP contribution >= 0.6 is 23.4 Å². The molecule has 2 aromatic carbocycles. The largest absolute Gasteiger partial charge is 0.481 e. The van der Waals surface area contributed by atoms with Gasteiger partial charge < -0.3 is 5.11 Å². The summed E-state index contributed by atoms with van der Waals surface area (Å²) in [4.78, 5) is 12.3. The average molecular weight is 297 g/mol. The molecule has 0 aliphatic carbocycles. The van der Waals surface area contributed by atoms with Crippen molar-refractivity contribution in [1.29, 1.82) is 0 Å². The Balaban J connectivity index is 2.27. The summed E-state index contributed by atoms with van der Waals surface area (Å²) in [5, 5.41) is 8.92. The van der Waals surface area contributed by atoms with E-state index in [0.29, 0.717) is 10.5 Å². The summed E-state index contributed by atoms with van der Waals surface area (Å²) >= 11 is 6.94. The van der Waals surface area contributed by atoms with Crippen molar-refractivity contribution in [1.82, 2.24) is 0 Å². The molecule has 98 valence electrons. The second-order valence-electron chi connectivity index (χ2n) is 3.86. The number of hydrogen-bond acceptors (Lipinski definition) is 2. The number of carbonyl (C=O) groups is 1. The molecule has 0 amide bonds. The van der Waals surface area contributed by atoms with Crippen molar-refractivity contribution in [3.8, 4) is 0 Å². The number of hydrogen-bond donors (Lipinski definition) is 1. The second-order valence-corrected chi connectivity index (χ2v) is 5.38. The highest BCUT2D eigenvalue weighted by atomic mass is 35.5. The number of carboxylic acid groups (broad SMARTS) is 1. The molecule has 2 rings (SSSR count). The topological polar surface area (TPSA) is 37.3 Å². The van der Waals surface area contributed by atoms with Gasteiger partial charge in [0.15, 0.2) is 0 Å². The number of rotatable bonds is 4. The van der Waals surface area contributed by atoms with Crippen LogP contribution in [-0.2, 0) is 11.2 Å². The molecule has 0 radical (unpaired) electrons. The van der Waals surface area contributed by atoms with Crippen molar-refractivity contribution in [2.75, 3.05) is 0 Å². The Morgan fingerprint density at radius 1 is 1.26 bits per heavy atom. The Labute approximate surface area is 119 Å². The van der Waals surface area contributed by atoms with Gasteiger partial charge in [-0.2, -0.15) is 0 Å². The molecular formula is C14H10ClFO2S. The maximum Gasteiger partial charge on any atom is 0.307 e. The Morgan fingerprint density at radius 2 is 2.00 bits per heavy atom. The van der Waals surface area contributed by atoms with Crippen LogP contribution in [0.3, 0.4) is 0 Å². The van der Waals surface area contributed by atoms with E-state index >= 15 is 0 Å². The third-order valence-electron chi connectivity index (χ3n) is 2.43. The fourth-order valence-electron chi connectivity index (χ4n) is 1.58. The highest BCUT2D eigenvalue weighted by molar-refractivity contribution is 7.99. The van der Waals surface area contributed by atoms with Crippen LogP contribution in [0.1, 0.15) is 5.56 Å². The first-order valence-corrected chi connectivity index (χ1v) is 6.68. The number of aliphatic carboxylic acids is 1. The van der Waals surface area contributed by atoms with E-state index in [1.807, 2.05) is 12.1 Å². The lowest BCUT2D eigenvalue weighted by Gasteiger charge is -2.07. The standard InChI is InChI=1S/C14H10ClFO2S/c15-11-6-5-10(8-12(11)16)19-13-4-2-1-3-9(13)7-14(17)18/h1-6,8H,7H2,(H,17,18). The van der Waals surface area contributed by atoms with Gasteiger partial charge in [0.05, 0.1) is 11.4 Å². The molecule has 0 heterocycles. The molecule has 5 heteroatoms. The lowest BCUT2D eigenvalue weighted by atomic mass is 10.1. The van der Waals surface area contributed by atoms with E-state index in [9.17, 15) is 9.18 Å². The number of halogens is 2. The van der Waals surface area contributed by atoms with E-state index in [-0.39, 0.29) is 11.4 Å². The third kappa shape index (κ3) is 3.72. The maximum atomic E-state index is 13.4. The van der Waals surface area contributed by atoms with E-state index in [4.69, 9.17) is 16.7 Å². The van der Waals surface area contributed by atoms with Gasteiger partial charge in [-0.3, -0.25) is 4.79 Å². The van der Waals surface area contributed by atoms with Crippen molar-refractivity contribution in [3.63, 3.8) is 0 Å². The van der Waals surface area contributed by atoms with Crippen molar-refractivity contribution >= 4 is 29.3 Å². The first-order valence-electron chi connectivity index (χ1n) is 5.49. The van der Waals surface area contributed by atoms with Gasteiger partial charge in [0, 0.05) is 9.79 Å². The lowest BCUT2D eigenvalue weighted by Crippen LogP contribution is -2.01. The van der Waals surface area contributed by atoms with Crippen molar-refractivity contribution in [3.05, 3.63) is 58.9 Å². The van der Waals surface area contributed by atoms with E-state index in [0.717, 1.165) is 4.90 Å². The van der Waals surface area contributed by atoms with Crippen LogP contribution in [-0.4, -0.2) is 11.1 Å². The van der Waals surface area contributed by atoms with Crippen LogP contribution in [0, 0.1) is 5.82 Å². The van der Waals surface area contributed by atoms with Gasteiger partial charge >= 0.3 is 5.97 Å². The molecule has 0 spiro atoms. The van der Waals surface area contributed by atoms with Crippen LogP contribution in [0.5, 0.6) is 0 Å². The Hall–Kier alpha value is -1.52. The van der Waals surface area contributed by atoms with Crippen LogP contribution in [0.4, 0.5) is 4.39 Å². The normalized spacial score (nSPS) is 10.4. The van der Waals surface area contributed by atoms with E-state index in [2.05, 4.69) is 0 Å². The summed E-state index contributed by atoms with van der Waals surface area (Å²) in [6, 6.07) is 11.7. The molecule has 0 atom stereocenters. The number of carboxylic acids is 1. The van der Waals surface area contributed by atoms with Crippen LogP contribution in [0.15, 0.2) is 52.3 Å². The van der Waals surface area contributed by atoms with Crippen molar-refractivity contribution < 1.29 is 14.3 Å². The summed E-state index contributed by atoms with van der Waals surface area (Å²) in [5.74, 6) is -1.38. The van der Waals surface area contributed by atoms with Crippen LogP contribution < -0.4 is 0 Å². The molecule has 0 aliphatic rings. The van der Waals surface area contributed by atoms with Gasteiger partial charge in [0.25, 0.3) is 0 Å². The molecule has 0 bridgehead atoms. The SMILES string of the molecule is O=C(O)Cc1ccccc1Sc1ccc(Cl)c(F)c1. The molecular weight excluding hydrogens is 287 g/mol. The quantitative estimate of drug-likeness (QED) is 0.916. The van der Waals surface area contributed by atoms with Gasteiger partial charge in [0.1, 0.15) is 5.82 Å². The molecule has 0 aliphatic heterocycles. The van der Waals surface area contributed by atoms with Gasteiger partial charge in [-0.1, -0.05) is 41.6 Å². The predicted molar refractivity (Wildman–Crippen MR) is 73.3 cm³/mol. The molecule has 19 heavy (non-hydrogen) atoms. The minimum Gasteiger partial charge on any atom is -0.481 e. The van der Waals surface area contributed by atoms with Crippen molar-refractivity contribution in [2.45, 2.75) is 16.2 Å². The molecule has 0 aromatic heterocycles. The molecule has 0 saturated heterocycles. The zero-order valence-corrected chi connectivity index (χ0v) is 11.3. The van der Waals surface area contributed by atoms with Gasteiger partial charge in [0.2, 0.25) is 0 Å². The highest BCUT2D eigenvalue weighted by Crippen LogP contribution is 2.32. The van der Waals surface area contributed by atoms with Crippen LogP contribution in [0.25, 0.3) is 0 Å². The molecule has 0 fully saturated rings. The number of benzene rings is 2.